The Hall–Kier alpha value is -4.84. The van der Waals surface area contributed by atoms with Gasteiger partial charge in [0.05, 0.1) is 5.69 Å². The van der Waals surface area contributed by atoms with Crippen molar-refractivity contribution in [3.63, 3.8) is 0 Å². The minimum absolute atomic E-state index is 0.0478. The summed E-state index contributed by atoms with van der Waals surface area (Å²) in [5.41, 5.74) is 17.4. The number of fused-ring (bicyclic) bond motifs is 1. The number of carbonyl (C=O) groups is 1. The van der Waals surface area contributed by atoms with Crippen molar-refractivity contribution in [3.8, 4) is 11.1 Å². The van der Waals surface area contributed by atoms with Gasteiger partial charge in [0.1, 0.15) is 17.3 Å². The van der Waals surface area contributed by atoms with Crippen LogP contribution in [-0.2, 0) is 32.8 Å². The number of nitrogens with two attached hydrogens (primary N) is 2. The van der Waals surface area contributed by atoms with Crippen LogP contribution in [0.25, 0.3) is 17.2 Å². The maximum atomic E-state index is 13.6. The highest BCUT2D eigenvalue weighted by Gasteiger charge is 2.23. The van der Waals surface area contributed by atoms with Crippen LogP contribution in [0.4, 0.5) is 11.4 Å². The molecule has 10 nitrogen and oxygen atoms in total. The number of aromatic nitrogens is 1. The second-order valence-electron chi connectivity index (χ2n) is 10.4. The van der Waals surface area contributed by atoms with E-state index in [1.807, 2.05) is 61.5 Å². The van der Waals surface area contributed by atoms with Crippen LogP contribution in [0.15, 0.2) is 107 Å². The third-order valence-corrected chi connectivity index (χ3v) is 8.32. The molecule has 2 heterocycles. The lowest BCUT2D eigenvalue weighted by atomic mass is 10.0. The lowest BCUT2D eigenvalue weighted by molar-refractivity contribution is -0.187. The predicted octanol–water partition coefficient (Wildman–Crippen LogP) is 4.96. The van der Waals surface area contributed by atoms with Crippen molar-refractivity contribution in [1.29, 1.82) is 0 Å². The number of pyridine rings is 1. The Morgan fingerprint density at radius 3 is 2.48 bits per heavy atom. The van der Waals surface area contributed by atoms with E-state index >= 15 is 0 Å². The highest BCUT2D eigenvalue weighted by Crippen LogP contribution is 2.32. The van der Waals surface area contributed by atoms with Crippen LogP contribution in [0.1, 0.15) is 36.5 Å². The number of hydroxylamine groups is 2. The van der Waals surface area contributed by atoms with Gasteiger partial charge in [-0.1, -0.05) is 61.5 Å². The molecule has 5 rings (SSSR count). The van der Waals surface area contributed by atoms with E-state index in [4.69, 9.17) is 16.3 Å². The maximum absolute atomic E-state index is 13.6. The van der Waals surface area contributed by atoms with Crippen LogP contribution in [0.5, 0.6) is 0 Å². The fourth-order valence-electron chi connectivity index (χ4n) is 4.64. The highest BCUT2D eigenvalue weighted by molar-refractivity contribution is 7.89. The van der Waals surface area contributed by atoms with Crippen molar-refractivity contribution >= 4 is 39.2 Å². The second kappa shape index (κ2) is 13.6. The average molecular weight is 611 g/mol. The number of amidine groups is 1. The Morgan fingerprint density at radius 1 is 0.955 bits per heavy atom. The van der Waals surface area contributed by atoms with Gasteiger partial charge >= 0.3 is 0 Å². The fourth-order valence-corrected chi connectivity index (χ4v) is 5.65. The van der Waals surface area contributed by atoms with Crippen LogP contribution in [0.3, 0.4) is 0 Å². The number of amides is 1. The van der Waals surface area contributed by atoms with E-state index in [1.54, 1.807) is 36.5 Å². The van der Waals surface area contributed by atoms with Gasteiger partial charge in [-0.25, -0.2) is 23.2 Å². The zero-order valence-corrected chi connectivity index (χ0v) is 25.1. The molecule has 226 valence electrons. The summed E-state index contributed by atoms with van der Waals surface area (Å²) in [5, 5.41) is 1.36. The molecule has 0 bridgehead atoms. The molecule has 0 unspecified atom stereocenters. The monoisotopic (exact) mass is 610 g/mol. The molecule has 0 fully saturated rings. The lowest BCUT2D eigenvalue weighted by Crippen LogP contribution is -2.34. The summed E-state index contributed by atoms with van der Waals surface area (Å²) in [4.78, 5) is 28.3. The van der Waals surface area contributed by atoms with Crippen LogP contribution in [-0.4, -0.2) is 36.8 Å². The Labute approximate surface area is 257 Å². The van der Waals surface area contributed by atoms with Gasteiger partial charge < -0.3 is 11.5 Å². The molecule has 0 atom stereocenters. The van der Waals surface area contributed by atoms with Gasteiger partial charge in [-0.15, -0.1) is 0 Å². The minimum atomic E-state index is -3.80. The summed E-state index contributed by atoms with van der Waals surface area (Å²) in [6, 6.07) is 23.6. The molecule has 5 N–H and O–H groups in total. The van der Waals surface area contributed by atoms with Crippen LogP contribution >= 0.6 is 0 Å². The number of aliphatic imine (C=N–C) groups is 1. The van der Waals surface area contributed by atoms with Crippen molar-refractivity contribution in [1.82, 2.24) is 14.8 Å². The van der Waals surface area contributed by atoms with Gasteiger partial charge in [-0.2, -0.15) is 0 Å². The first-order valence-corrected chi connectivity index (χ1v) is 15.7. The molecule has 1 aliphatic heterocycles. The van der Waals surface area contributed by atoms with E-state index in [2.05, 4.69) is 14.7 Å². The lowest BCUT2D eigenvalue weighted by Gasteiger charge is -2.22. The summed E-state index contributed by atoms with van der Waals surface area (Å²) in [6.07, 6.45) is 5.53. The van der Waals surface area contributed by atoms with E-state index in [1.165, 1.54) is 11.3 Å². The molecule has 1 aromatic heterocycles. The number of hydrogen-bond acceptors (Lipinski definition) is 8. The van der Waals surface area contributed by atoms with Crippen molar-refractivity contribution in [2.45, 2.75) is 37.8 Å². The Kier molecular flexibility index (Phi) is 9.49. The van der Waals surface area contributed by atoms with Gasteiger partial charge in [-0.05, 0) is 53.5 Å². The molecule has 0 radical (unpaired) electrons. The summed E-state index contributed by atoms with van der Waals surface area (Å²) >= 11 is 0. The molecule has 44 heavy (non-hydrogen) atoms. The molecule has 1 amide bonds. The molecule has 11 heteroatoms. The smallest absolute Gasteiger partial charge is 0.273 e. The molecular formula is C33H34N6O4S. The average Bonchev–Trinajstić information content (AvgIpc) is 3.20. The molecule has 1 aliphatic rings. The Balaban J connectivity index is 1.36. The van der Waals surface area contributed by atoms with E-state index in [0.717, 1.165) is 11.1 Å². The SMILES string of the molecule is CCCN(OCc1ccc(N)cc1)C(=O)C1=Cc2ccc(-c3cncc(S(=O)(=O)NCc4ccccc4)c3)cc2N=C(N)C1. The summed E-state index contributed by atoms with van der Waals surface area (Å²) < 4.78 is 28.6. The number of nitrogens with one attached hydrogen (secondary N) is 1. The summed E-state index contributed by atoms with van der Waals surface area (Å²) in [6.45, 7) is 2.75. The number of nitrogens with zero attached hydrogens (tertiary/aromatic N) is 3. The number of sulfonamides is 1. The first kappa shape index (κ1) is 30.6. The predicted molar refractivity (Wildman–Crippen MR) is 172 cm³/mol. The van der Waals surface area contributed by atoms with Crippen molar-refractivity contribution in [3.05, 3.63) is 114 Å². The van der Waals surface area contributed by atoms with E-state index in [0.29, 0.717) is 46.6 Å². The number of hydrogen-bond donors (Lipinski definition) is 3. The third-order valence-electron chi connectivity index (χ3n) is 6.96. The zero-order chi connectivity index (χ0) is 31.1. The van der Waals surface area contributed by atoms with Crippen molar-refractivity contribution < 1.29 is 18.0 Å². The molecule has 0 saturated heterocycles. The fraction of sp³-hybridized carbons (Fsp3) is 0.182. The quantitative estimate of drug-likeness (QED) is 0.160. The Morgan fingerprint density at radius 2 is 1.73 bits per heavy atom. The number of carbonyl (C=O) groups excluding carboxylic acids is 1. The van der Waals surface area contributed by atoms with E-state index in [-0.39, 0.29) is 36.2 Å². The van der Waals surface area contributed by atoms with Crippen LogP contribution in [0, 0.1) is 0 Å². The van der Waals surface area contributed by atoms with Crippen molar-refractivity contribution in [2.75, 3.05) is 12.3 Å². The van der Waals surface area contributed by atoms with Gasteiger partial charge in [0, 0.05) is 54.3 Å². The highest BCUT2D eigenvalue weighted by atomic mass is 32.2. The Bertz CT molecular complexity index is 1810. The van der Waals surface area contributed by atoms with Crippen LogP contribution in [0.2, 0.25) is 0 Å². The zero-order valence-electron chi connectivity index (χ0n) is 24.3. The standard InChI is InChI=1S/C33H34N6O4S/c1-2-14-39(43-22-24-8-12-29(34)13-9-24)33(40)27-15-26-11-10-25(17-31(26)38-32(35)18-27)28-16-30(21-36-20-28)44(41,42)37-19-23-6-4-3-5-7-23/h3-13,15-17,20-21,37H,2,14,18-19,22,34H2,1H3,(H2,35,38). The maximum Gasteiger partial charge on any atom is 0.273 e. The molecule has 3 aromatic carbocycles. The number of benzene rings is 3. The van der Waals surface area contributed by atoms with Crippen LogP contribution < -0.4 is 16.2 Å². The van der Waals surface area contributed by atoms with Gasteiger partial charge in [0.25, 0.3) is 5.91 Å². The summed E-state index contributed by atoms with van der Waals surface area (Å²) in [5.74, 6) is -0.0162. The molecule has 4 aromatic rings. The number of rotatable bonds is 11. The van der Waals surface area contributed by atoms with Crippen molar-refractivity contribution in [2.24, 2.45) is 10.7 Å². The molecule has 0 saturated carbocycles. The first-order valence-electron chi connectivity index (χ1n) is 14.2. The van der Waals surface area contributed by atoms with E-state index in [9.17, 15) is 13.2 Å². The topological polar surface area (TPSA) is 153 Å². The summed E-state index contributed by atoms with van der Waals surface area (Å²) in [7, 11) is -3.80. The van der Waals surface area contributed by atoms with Gasteiger partial charge in [0.15, 0.2) is 0 Å². The van der Waals surface area contributed by atoms with E-state index < -0.39 is 10.0 Å². The molecular weight excluding hydrogens is 576 g/mol. The first-order chi connectivity index (χ1) is 21.2. The second-order valence-corrected chi connectivity index (χ2v) is 12.1. The number of nitrogen functional groups attached to an aromatic ring is 1. The number of anilines is 1. The largest absolute Gasteiger partial charge is 0.399 e. The van der Waals surface area contributed by atoms with Gasteiger partial charge in [0.2, 0.25) is 10.0 Å². The third kappa shape index (κ3) is 7.56. The normalized spacial score (nSPS) is 12.9. The van der Waals surface area contributed by atoms with Gasteiger partial charge in [-0.3, -0.25) is 14.6 Å². The molecule has 0 spiro atoms. The molecule has 0 aliphatic carbocycles. The minimum Gasteiger partial charge on any atom is -0.399 e.